The van der Waals surface area contributed by atoms with Crippen LogP contribution in [-0.2, 0) is 11.2 Å². The average Bonchev–Trinajstić information content (AvgIpc) is 3.06. The van der Waals surface area contributed by atoms with Gasteiger partial charge in [0.2, 0.25) is 5.91 Å². The Bertz CT molecular complexity index is 373. The minimum absolute atomic E-state index is 0.0709. The summed E-state index contributed by atoms with van der Waals surface area (Å²) in [6.45, 7) is 0.710. The summed E-state index contributed by atoms with van der Waals surface area (Å²) in [5.41, 5.74) is 6.50. The maximum atomic E-state index is 11.8. The Labute approximate surface area is 95.5 Å². The number of pyridine rings is 1. The standard InChI is InChI=1S/C12H17N3O/c1-15(11(16)12(13)5-6-12)9-4-10-2-7-14-8-3-10/h2-3,7-8H,4-6,9,13H2,1H3. The molecule has 1 heterocycles. The highest BCUT2D eigenvalue weighted by atomic mass is 16.2. The molecule has 4 heteroatoms. The molecule has 0 spiro atoms. The van der Waals surface area contributed by atoms with Crippen molar-refractivity contribution in [3.8, 4) is 0 Å². The number of carbonyl (C=O) groups is 1. The van der Waals surface area contributed by atoms with Crippen LogP contribution in [0.25, 0.3) is 0 Å². The van der Waals surface area contributed by atoms with E-state index >= 15 is 0 Å². The van der Waals surface area contributed by atoms with E-state index in [4.69, 9.17) is 5.73 Å². The van der Waals surface area contributed by atoms with E-state index < -0.39 is 5.54 Å². The van der Waals surface area contributed by atoms with Gasteiger partial charge in [-0.2, -0.15) is 0 Å². The Hall–Kier alpha value is -1.42. The van der Waals surface area contributed by atoms with Crippen LogP contribution in [0.15, 0.2) is 24.5 Å². The van der Waals surface area contributed by atoms with E-state index in [1.165, 1.54) is 5.56 Å². The fourth-order valence-electron chi connectivity index (χ4n) is 1.68. The van der Waals surface area contributed by atoms with Crippen LogP contribution in [-0.4, -0.2) is 34.9 Å². The maximum absolute atomic E-state index is 11.8. The van der Waals surface area contributed by atoms with Gasteiger partial charge in [0.15, 0.2) is 0 Å². The zero-order valence-corrected chi connectivity index (χ0v) is 9.52. The van der Waals surface area contributed by atoms with Crippen LogP contribution in [0.4, 0.5) is 0 Å². The summed E-state index contributed by atoms with van der Waals surface area (Å²) < 4.78 is 0. The topological polar surface area (TPSA) is 59.2 Å². The first kappa shape index (κ1) is 11.1. The Morgan fingerprint density at radius 3 is 2.69 bits per heavy atom. The molecule has 0 bridgehead atoms. The molecule has 2 rings (SSSR count). The van der Waals surface area contributed by atoms with Gasteiger partial charge in [-0.15, -0.1) is 0 Å². The lowest BCUT2D eigenvalue weighted by Gasteiger charge is -2.20. The normalized spacial score (nSPS) is 16.9. The predicted octanol–water partition coefficient (Wildman–Crippen LogP) is 0.574. The van der Waals surface area contributed by atoms with E-state index in [9.17, 15) is 4.79 Å². The van der Waals surface area contributed by atoms with Crippen LogP contribution in [0.1, 0.15) is 18.4 Å². The zero-order chi connectivity index (χ0) is 11.6. The molecule has 1 aliphatic carbocycles. The van der Waals surface area contributed by atoms with Gasteiger partial charge < -0.3 is 10.6 Å². The highest BCUT2D eigenvalue weighted by molar-refractivity contribution is 5.88. The Kier molecular flexibility index (Phi) is 2.92. The van der Waals surface area contributed by atoms with Crippen molar-refractivity contribution in [2.75, 3.05) is 13.6 Å². The zero-order valence-electron chi connectivity index (χ0n) is 9.52. The molecule has 2 N–H and O–H groups in total. The molecule has 16 heavy (non-hydrogen) atoms. The maximum Gasteiger partial charge on any atom is 0.242 e. The molecular formula is C12H17N3O. The molecule has 0 atom stereocenters. The second-order valence-corrected chi connectivity index (χ2v) is 4.49. The highest BCUT2D eigenvalue weighted by Crippen LogP contribution is 2.33. The lowest BCUT2D eigenvalue weighted by molar-refractivity contribution is -0.132. The van der Waals surface area contributed by atoms with Crippen molar-refractivity contribution in [3.63, 3.8) is 0 Å². The summed E-state index contributed by atoms with van der Waals surface area (Å²) in [7, 11) is 1.82. The molecule has 0 saturated heterocycles. The molecule has 0 radical (unpaired) electrons. The Morgan fingerprint density at radius 1 is 1.50 bits per heavy atom. The summed E-state index contributed by atoms with van der Waals surface area (Å²) in [5.74, 6) is 0.0709. The quantitative estimate of drug-likeness (QED) is 0.805. The molecule has 86 valence electrons. The van der Waals surface area contributed by atoms with E-state index in [0.717, 1.165) is 19.3 Å². The second kappa shape index (κ2) is 4.22. The van der Waals surface area contributed by atoms with Crippen LogP contribution in [0.2, 0.25) is 0 Å². The van der Waals surface area contributed by atoms with Gasteiger partial charge in [-0.25, -0.2) is 0 Å². The summed E-state index contributed by atoms with van der Waals surface area (Å²) >= 11 is 0. The average molecular weight is 219 g/mol. The first-order valence-electron chi connectivity index (χ1n) is 5.55. The Morgan fingerprint density at radius 2 is 2.12 bits per heavy atom. The van der Waals surface area contributed by atoms with Gasteiger partial charge in [-0.1, -0.05) is 0 Å². The molecule has 1 amide bonds. The van der Waals surface area contributed by atoms with Gasteiger partial charge >= 0.3 is 0 Å². The molecule has 0 aromatic carbocycles. The van der Waals surface area contributed by atoms with Crippen molar-refractivity contribution >= 4 is 5.91 Å². The molecule has 4 nitrogen and oxygen atoms in total. The summed E-state index contributed by atoms with van der Waals surface area (Å²) in [5, 5.41) is 0. The summed E-state index contributed by atoms with van der Waals surface area (Å²) in [4.78, 5) is 17.5. The minimum atomic E-state index is -0.549. The van der Waals surface area contributed by atoms with Crippen LogP contribution in [0, 0.1) is 0 Å². The van der Waals surface area contributed by atoms with Crippen molar-refractivity contribution in [1.29, 1.82) is 0 Å². The molecule has 0 unspecified atom stereocenters. The van der Waals surface area contributed by atoms with Gasteiger partial charge in [0.05, 0.1) is 5.54 Å². The molecule has 1 aromatic rings. The largest absolute Gasteiger partial charge is 0.344 e. The number of carbonyl (C=O) groups excluding carboxylic acids is 1. The van der Waals surface area contributed by atoms with Crippen LogP contribution >= 0.6 is 0 Å². The van der Waals surface area contributed by atoms with Gasteiger partial charge in [-0.3, -0.25) is 9.78 Å². The summed E-state index contributed by atoms with van der Waals surface area (Å²) in [6.07, 6.45) is 6.03. The van der Waals surface area contributed by atoms with Crippen molar-refractivity contribution in [2.24, 2.45) is 5.73 Å². The van der Waals surface area contributed by atoms with Gasteiger partial charge in [0.25, 0.3) is 0 Å². The van der Waals surface area contributed by atoms with Crippen LogP contribution in [0.5, 0.6) is 0 Å². The number of aromatic nitrogens is 1. The van der Waals surface area contributed by atoms with Gasteiger partial charge in [0, 0.05) is 26.0 Å². The van der Waals surface area contributed by atoms with Crippen molar-refractivity contribution in [1.82, 2.24) is 9.88 Å². The van der Waals surface area contributed by atoms with E-state index in [1.807, 2.05) is 19.2 Å². The number of amides is 1. The lowest BCUT2D eigenvalue weighted by Crippen LogP contribution is -2.44. The van der Waals surface area contributed by atoms with Gasteiger partial charge in [0.1, 0.15) is 0 Å². The monoisotopic (exact) mass is 219 g/mol. The molecule has 1 fully saturated rings. The van der Waals surface area contributed by atoms with Crippen LogP contribution in [0.3, 0.4) is 0 Å². The molecule has 0 aliphatic heterocycles. The second-order valence-electron chi connectivity index (χ2n) is 4.49. The van der Waals surface area contributed by atoms with Crippen molar-refractivity contribution in [3.05, 3.63) is 30.1 Å². The number of rotatable bonds is 4. The SMILES string of the molecule is CN(CCc1ccncc1)C(=O)C1(N)CC1. The molecule has 1 saturated carbocycles. The number of nitrogens with zero attached hydrogens (tertiary/aromatic N) is 2. The molecule has 1 aromatic heterocycles. The first-order valence-corrected chi connectivity index (χ1v) is 5.55. The number of likely N-dealkylation sites (N-methyl/N-ethyl adjacent to an activating group) is 1. The number of hydrogen-bond acceptors (Lipinski definition) is 3. The number of hydrogen-bond donors (Lipinski definition) is 1. The third kappa shape index (κ3) is 2.39. The molecule has 1 aliphatic rings. The molecular weight excluding hydrogens is 202 g/mol. The summed E-state index contributed by atoms with van der Waals surface area (Å²) in [6, 6.07) is 3.93. The van der Waals surface area contributed by atoms with E-state index in [-0.39, 0.29) is 5.91 Å². The fraction of sp³-hybridized carbons (Fsp3) is 0.500. The number of nitrogens with two attached hydrogens (primary N) is 1. The predicted molar refractivity (Wildman–Crippen MR) is 61.7 cm³/mol. The van der Waals surface area contributed by atoms with E-state index in [1.54, 1.807) is 17.3 Å². The smallest absolute Gasteiger partial charge is 0.242 e. The Balaban J connectivity index is 1.84. The highest BCUT2D eigenvalue weighted by Gasteiger charge is 2.47. The van der Waals surface area contributed by atoms with E-state index in [2.05, 4.69) is 4.98 Å². The van der Waals surface area contributed by atoms with E-state index in [0.29, 0.717) is 6.54 Å². The fourth-order valence-corrected chi connectivity index (χ4v) is 1.68. The van der Waals surface area contributed by atoms with Crippen molar-refractivity contribution in [2.45, 2.75) is 24.8 Å². The lowest BCUT2D eigenvalue weighted by atomic mass is 10.2. The van der Waals surface area contributed by atoms with Crippen molar-refractivity contribution < 1.29 is 4.79 Å². The third-order valence-corrected chi connectivity index (χ3v) is 3.05. The minimum Gasteiger partial charge on any atom is -0.344 e. The van der Waals surface area contributed by atoms with Gasteiger partial charge in [-0.05, 0) is 37.0 Å². The third-order valence-electron chi connectivity index (χ3n) is 3.05. The first-order chi connectivity index (χ1) is 7.62. The van der Waals surface area contributed by atoms with Crippen LogP contribution < -0.4 is 5.73 Å².